The molecular formula is C18H15FN4O2. The fourth-order valence-corrected chi connectivity index (χ4v) is 2.73. The Balaban J connectivity index is 1.35. The van der Waals surface area contributed by atoms with Crippen molar-refractivity contribution in [1.82, 2.24) is 20.1 Å². The average Bonchev–Trinajstić information content (AvgIpc) is 3.29. The quantitative estimate of drug-likeness (QED) is 0.790. The molecule has 4 rings (SSSR count). The fraction of sp³-hybridized carbons (Fsp3) is 0.167. The smallest absolute Gasteiger partial charge is 0.261 e. The van der Waals surface area contributed by atoms with Crippen LogP contribution in [0.5, 0.6) is 5.75 Å². The molecule has 0 radical (unpaired) electrons. The van der Waals surface area contributed by atoms with Crippen molar-refractivity contribution in [3.05, 3.63) is 71.9 Å². The van der Waals surface area contributed by atoms with Gasteiger partial charge in [0.05, 0.1) is 0 Å². The number of carbonyl (C=O) groups excluding carboxylic acids is 1. The number of aromatic nitrogens is 3. The predicted octanol–water partition coefficient (Wildman–Crippen LogP) is 2.03. The highest BCUT2D eigenvalue weighted by Gasteiger charge is 2.29. The van der Waals surface area contributed by atoms with Crippen LogP contribution < -0.4 is 10.1 Å². The molecule has 0 saturated carbocycles. The highest BCUT2D eigenvalue weighted by Crippen LogP contribution is 2.29. The van der Waals surface area contributed by atoms with Crippen molar-refractivity contribution in [3.8, 4) is 11.6 Å². The Morgan fingerprint density at radius 3 is 3.04 bits per heavy atom. The van der Waals surface area contributed by atoms with E-state index in [1.807, 2.05) is 24.4 Å². The van der Waals surface area contributed by atoms with Crippen molar-refractivity contribution in [1.29, 1.82) is 0 Å². The summed E-state index contributed by atoms with van der Waals surface area (Å²) in [5.74, 6) is 0.711. The second-order valence-corrected chi connectivity index (χ2v) is 5.76. The number of nitrogens with zero attached hydrogens (tertiary/aromatic N) is 3. The Labute approximate surface area is 143 Å². The van der Waals surface area contributed by atoms with Crippen molar-refractivity contribution < 1.29 is 13.9 Å². The Morgan fingerprint density at radius 2 is 2.28 bits per heavy atom. The first kappa shape index (κ1) is 15.3. The molecule has 0 fully saturated rings. The van der Waals surface area contributed by atoms with Crippen molar-refractivity contribution in [3.63, 3.8) is 0 Å². The van der Waals surface area contributed by atoms with Crippen LogP contribution in [0.15, 0.2) is 55.0 Å². The predicted molar refractivity (Wildman–Crippen MR) is 87.7 cm³/mol. The second kappa shape index (κ2) is 6.35. The van der Waals surface area contributed by atoms with Crippen LogP contribution in [0, 0.1) is 5.82 Å². The van der Waals surface area contributed by atoms with E-state index >= 15 is 0 Å². The zero-order valence-electron chi connectivity index (χ0n) is 13.2. The second-order valence-electron chi connectivity index (χ2n) is 5.76. The van der Waals surface area contributed by atoms with Crippen molar-refractivity contribution in [2.45, 2.75) is 19.1 Å². The Kier molecular flexibility index (Phi) is 3.89. The van der Waals surface area contributed by atoms with E-state index in [2.05, 4.69) is 15.4 Å². The van der Waals surface area contributed by atoms with Crippen LogP contribution in [-0.4, -0.2) is 26.8 Å². The first-order chi connectivity index (χ1) is 12.2. The van der Waals surface area contributed by atoms with Gasteiger partial charge in [-0.15, -0.1) is 0 Å². The van der Waals surface area contributed by atoms with Gasteiger partial charge in [0.2, 0.25) is 0 Å². The summed E-state index contributed by atoms with van der Waals surface area (Å²) >= 11 is 0. The molecule has 6 nitrogen and oxygen atoms in total. The molecule has 2 aromatic heterocycles. The van der Waals surface area contributed by atoms with Gasteiger partial charge in [0, 0.05) is 37.1 Å². The third-order valence-corrected chi connectivity index (χ3v) is 4.00. The number of rotatable bonds is 4. The lowest BCUT2D eigenvalue weighted by Crippen LogP contribution is -2.37. The molecule has 0 spiro atoms. The van der Waals surface area contributed by atoms with Gasteiger partial charge >= 0.3 is 0 Å². The van der Waals surface area contributed by atoms with E-state index < -0.39 is 6.10 Å². The maximum atomic E-state index is 13.2. The molecule has 1 N–H and O–H groups in total. The van der Waals surface area contributed by atoms with Gasteiger partial charge in [-0.2, -0.15) is 5.10 Å². The number of pyridine rings is 1. The maximum absolute atomic E-state index is 13.2. The van der Waals surface area contributed by atoms with Crippen LogP contribution in [0.1, 0.15) is 11.1 Å². The van der Waals surface area contributed by atoms with Crippen LogP contribution in [0.2, 0.25) is 0 Å². The molecule has 1 aliphatic heterocycles. The van der Waals surface area contributed by atoms with Gasteiger partial charge in [-0.05, 0) is 35.9 Å². The number of carbonyl (C=O) groups is 1. The minimum absolute atomic E-state index is 0.229. The summed E-state index contributed by atoms with van der Waals surface area (Å²) in [6, 6.07) is 9.81. The van der Waals surface area contributed by atoms with E-state index in [-0.39, 0.29) is 11.7 Å². The Hall–Kier alpha value is -3.22. The first-order valence-corrected chi connectivity index (χ1v) is 7.87. The molecule has 126 valence electrons. The van der Waals surface area contributed by atoms with Gasteiger partial charge in [0.1, 0.15) is 11.6 Å². The fourth-order valence-electron chi connectivity index (χ4n) is 2.73. The van der Waals surface area contributed by atoms with Gasteiger partial charge in [0.15, 0.2) is 11.9 Å². The minimum atomic E-state index is -0.631. The van der Waals surface area contributed by atoms with Crippen molar-refractivity contribution >= 4 is 5.91 Å². The van der Waals surface area contributed by atoms with Gasteiger partial charge in [-0.1, -0.05) is 6.07 Å². The number of halogens is 1. The molecule has 1 amide bonds. The van der Waals surface area contributed by atoms with E-state index in [9.17, 15) is 9.18 Å². The monoisotopic (exact) mass is 338 g/mol. The first-order valence-electron chi connectivity index (χ1n) is 7.87. The summed E-state index contributed by atoms with van der Waals surface area (Å²) in [5, 5.41) is 6.93. The van der Waals surface area contributed by atoms with Crippen LogP contribution in [-0.2, 0) is 17.8 Å². The van der Waals surface area contributed by atoms with E-state index in [1.165, 1.54) is 12.1 Å². The molecule has 0 bridgehead atoms. The Bertz CT molecular complexity index is 894. The van der Waals surface area contributed by atoms with Gasteiger partial charge in [-0.3, -0.25) is 4.79 Å². The van der Waals surface area contributed by atoms with Crippen molar-refractivity contribution in [2.75, 3.05) is 0 Å². The third-order valence-electron chi connectivity index (χ3n) is 4.00. The number of benzene rings is 1. The molecule has 0 aliphatic carbocycles. The SMILES string of the molecule is O=C(NCc1ccc(-n2cccn2)nc1)[C@@H]1Cc2cc(F)ccc2O1. The molecule has 1 aromatic carbocycles. The van der Waals surface area contributed by atoms with Gasteiger partial charge < -0.3 is 10.1 Å². The lowest BCUT2D eigenvalue weighted by atomic mass is 10.1. The summed E-state index contributed by atoms with van der Waals surface area (Å²) in [6.45, 7) is 0.343. The average molecular weight is 338 g/mol. The lowest BCUT2D eigenvalue weighted by molar-refractivity contribution is -0.127. The molecule has 1 aliphatic rings. The zero-order chi connectivity index (χ0) is 17.2. The third kappa shape index (κ3) is 3.21. The summed E-state index contributed by atoms with van der Waals surface area (Å²) < 4.78 is 20.5. The van der Waals surface area contributed by atoms with Gasteiger partial charge in [0.25, 0.3) is 5.91 Å². The maximum Gasteiger partial charge on any atom is 0.261 e. The van der Waals surface area contributed by atoms with E-state index in [0.29, 0.717) is 30.1 Å². The van der Waals surface area contributed by atoms with Gasteiger partial charge in [-0.25, -0.2) is 14.1 Å². The van der Waals surface area contributed by atoms with Crippen LogP contribution >= 0.6 is 0 Å². The van der Waals surface area contributed by atoms with E-state index in [1.54, 1.807) is 23.1 Å². The number of amides is 1. The number of nitrogens with one attached hydrogen (secondary N) is 1. The zero-order valence-corrected chi connectivity index (χ0v) is 13.2. The summed E-state index contributed by atoms with van der Waals surface area (Å²) in [7, 11) is 0. The Morgan fingerprint density at radius 1 is 1.36 bits per heavy atom. The minimum Gasteiger partial charge on any atom is -0.480 e. The standard InChI is InChI=1S/C18H15FN4O2/c19-14-3-4-15-13(8-14)9-16(25-15)18(24)21-11-12-2-5-17(20-10-12)23-7-1-6-22-23/h1-8,10,16H,9,11H2,(H,21,24)/t16-/m0/s1. The van der Waals surface area contributed by atoms with E-state index in [0.717, 1.165) is 5.56 Å². The summed E-state index contributed by atoms with van der Waals surface area (Å²) in [6.07, 6.45) is 4.92. The molecule has 0 unspecified atom stereocenters. The molecule has 3 heterocycles. The van der Waals surface area contributed by atoms with Crippen molar-refractivity contribution in [2.24, 2.45) is 0 Å². The highest BCUT2D eigenvalue weighted by molar-refractivity contribution is 5.82. The molecular weight excluding hydrogens is 323 g/mol. The molecule has 1 atom stereocenters. The number of hydrogen-bond donors (Lipinski definition) is 1. The highest BCUT2D eigenvalue weighted by atomic mass is 19.1. The molecule has 3 aromatic rings. The lowest BCUT2D eigenvalue weighted by Gasteiger charge is -2.11. The number of ether oxygens (including phenoxy) is 1. The van der Waals surface area contributed by atoms with E-state index in [4.69, 9.17) is 4.74 Å². The van der Waals surface area contributed by atoms with Crippen LogP contribution in [0.4, 0.5) is 4.39 Å². The molecule has 25 heavy (non-hydrogen) atoms. The number of fused-ring (bicyclic) bond motifs is 1. The van der Waals surface area contributed by atoms with Crippen LogP contribution in [0.25, 0.3) is 5.82 Å². The van der Waals surface area contributed by atoms with Crippen LogP contribution in [0.3, 0.4) is 0 Å². The normalized spacial score (nSPS) is 15.5. The molecule has 7 heteroatoms. The topological polar surface area (TPSA) is 69.0 Å². The largest absolute Gasteiger partial charge is 0.480 e. The summed E-state index contributed by atoms with van der Waals surface area (Å²) in [4.78, 5) is 16.6. The number of hydrogen-bond acceptors (Lipinski definition) is 4. The summed E-state index contributed by atoms with van der Waals surface area (Å²) in [5.41, 5.74) is 1.58. The molecule has 0 saturated heterocycles.